The monoisotopic (exact) mass is 657 g/mol. The summed E-state index contributed by atoms with van der Waals surface area (Å²) >= 11 is 1.37. The van der Waals surface area contributed by atoms with Gasteiger partial charge in [0.25, 0.3) is 24.2 Å². The number of carbonyl (C=O) groups excluding carboxylic acids is 2. The lowest BCUT2D eigenvalue weighted by Crippen LogP contribution is -2.48. The quantitative estimate of drug-likeness (QED) is 0.151. The molecule has 2 atom stereocenters. The Labute approximate surface area is 268 Å². The number of hydrogen-bond acceptors (Lipinski definition) is 7. The second-order valence-electron chi connectivity index (χ2n) is 11.1. The average molecular weight is 658 g/mol. The molecule has 0 aliphatic carbocycles. The number of aliphatic hydroxyl groups is 1. The molecule has 8 nitrogen and oxygen atoms in total. The van der Waals surface area contributed by atoms with Crippen LogP contribution >= 0.6 is 11.3 Å². The standard InChI is InChI=1S/C33H35F4N5O3S/c1-20-19-46-29(40-20)18-42(3)32(45)25-12-23(30(34)35)11-24(13-25)31(44)41-27(10-21-7-5-4-6-8-21)28(43)17-39-15-22-9-26(16-38-14-22)33(2,36)37/h4-9,11-14,16,19,27-28,30,39,43H,10,15,17-18H2,1-3H3,(H,41,44)/t27-,28+/m0/s1. The number of hydrogen-bond donors (Lipinski definition) is 3. The lowest BCUT2D eigenvalue weighted by atomic mass is 9.99. The summed E-state index contributed by atoms with van der Waals surface area (Å²) in [5.41, 5.74) is 1.08. The highest BCUT2D eigenvalue weighted by atomic mass is 32.1. The number of amides is 2. The van der Waals surface area contributed by atoms with Crippen LogP contribution in [0.15, 0.2) is 72.4 Å². The molecule has 4 aromatic rings. The molecule has 4 rings (SSSR count). The van der Waals surface area contributed by atoms with Gasteiger partial charge in [-0.2, -0.15) is 0 Å². The van der Waals surface area contributed by atoms with Gasteiger partial charge in [0, 0.05) is 72.8 Å². The van der Waals surface area contributed by atoms with Gasteiger partial charge in [-0.3, -0.25) is 14.6 Å². The SMILES string of the molecule is Cc1csc(CN(C)C(=O)c2cc(C(=O)N[C@@H](Cc3ccccc3)[C@H](O)CNCc3cncc(C(C)(F)F)c3)cc(C(F)F)c2)n1. The van der Waals surface area contributed by atoms with Crippen LogP contribution in [0.2, 0.25) is 0 Å². The van der Waals surface area contributed by atoms with E-state index in [0.717, 1.165) is 36.5 Å². The smallest absolute Gasteiger partial charge is 0.272 e. The molecule has 0 spiro atoms. The number of nitrogens with zero attached hydrogens (tertiary/aromatic N) is 3. The van der Waals surface area contributed by atoms with Gasteiger partial charge in [-0.25, -0.2) is 22.5 Å². The highest BCUT2D eigenvalue weighted by Crippen LogP contribution is 2.27. The van der Waals surface area contributed by atoms with E-state index in [9.17, 15) is 32.3 Å². The molecule has 3 N–H and O–H groups in total. The molecular weight excluding hydrogens is 622 g/mol. The zero-order valence-electron chi connectivity index (χ0n) is 25.5. The summed E-state index contributed by atoms with van der Waals surface area (Å²) in [5, 5.41) is 19.4. The lowest BCUT2D eigenvalue weighted by Gasteiger charge is -2.25. The van der Waals surface area contributed by atoms with Gasteiger partial charge < -0.3 is 20.6 Å². The molecule has 2 aromatic heterocycles. The van der Waals surface area contributed by atoms with Gasteiger partial charge in [-0.1, -0.05) is 30.3 Å². The third-order valence-electron chi connectivity index (χ3n) is 7.17. The molecule has 0 saturated heterocycles. The van der Waals surface area contributed by atoms with E-state index in [1.54, 1.807) is 12.1 Å². The second-order valence-corrected chi connectivity index (χ2v) is 12.1. The minimum atomic E-state index is -3.06. The van der Waals surface area contributed by atoms with Gasteiger partial charge in [-0.05, 0) is 48.7 Å². The Morgan fingerprint density at radius 3 is 2.41 bits per heavy atom. The number of halogens is 4. The molecule has 0 fully saturated rings. The molecule has 244 valence electrons. The number of nitrogens with one attached hydrogen (secondary N) is 2. The molecule has 0 unspecified atom stereocenters. The van der Waals surface area contributed by atoms with E-state index in [1.807, 2.05) is 30.5 Å². The van der Waals surface area contributed by atoms with Crippen molar-refractivity contribution in [3.63, 3.8) is 0 Å². The predicted molar refractivity (Wildman–Crippen MR) is 167 cm³/mol. The maximum Gasteiger partial charge on any atom is 0.272 e. The fourth-order valence-corrected chi connectivity index (χ4v) is 5.56. The van der Waals surface area contributed by atoms with Crippen LogP contribution < -0.4 is 10.6 Å². The fraction of sp³-hybridized carbons (Fsp3) is 0.333. The van der Waals surface area contributed by atoms with E-state index in [-0.39, 0.29) is 42.7 Å². The van der Waals surface area contributed by atoms with Crippen molar-refractivity contribution in [2.75, 3.05) is 13.6 Å². The molecule has 0 radical (unpaired) electrons. The molecule has 13 heteroatoms. The molecule has 0 aliphatic rings. The van der Waals surface area contributed by atoms with Gasteiger partial charge in [0.15, 0.2) is 0 Å². The average Bonchev–Trinajstić information content (AvgIpc) is 3.44. The van der Waals surface area contributed by atoms with Gasteiger partial charge in [0.2, 0.25) is 0 Å². The van der Waals surface area contributed by atoms with Crippen LogP contribution in [0, 0.1) is 6.92 Å². The van der Waals surface area contributed by atoms with Crippen molar-refractivity contribution in [3.05, 3.63) is 116 Å². The largest absolute Gasteiger partial charge is 0.390 e. The fourth-order valence-electron chi connectivity index (χ4n) is 4.74. The molecule has 2 heterocycles. The highest BCUT2D eigenvalue weighted by molar-refractivity contribution is 7.09. The zero-order chi connectivity index (χ0) is 33.4. The molecule has 46 heavy (non-hydrogen) atoms. The third-order valence-corrected chi connectivity index (χ3v) is 8.12. The number of thiazole rings is 1. The summed E-state index contributed by atoms with van der Waals surface area (Å²) in [4.78, 5) is 36.2. The summed E-state index contributed by atoms with van der Waals surface area (Å²) < 4.78 is 55.2. The summed E-state index contributed by atoms with van der Waals surface area (Å²) in [6.45, 7) is 2.85. The first-order valence-electron chi connectivity index (χ1n) is 14.5. The Morgan fingerprint density at radius 1 is 1.04 bits per heavy atom. The first-order valence-corrected chi connectivity index (χ1v) is 15.3. The Kier molecular flexibility index (Phi) is 11.6. The Hall–Kier alpha value is -4.20. The minimum Gasteiger partial charge on any atom is -0.390 e. The maximum absolute atomic E-state index is 13.9. The van der Waals surface area contributed by atoms with Crippen molar-refractivity contribution in [1.29, 1.82) is 0 Å². The van der Waals surface area contributed by atoms with E-state index < -0.39 is 41.9 Å². The van der Waals surface area contributed by atoms with Gasteiger partial charge >= 0.3 is 0 Å². The first kappa shape index (κ1) is 34.7. The van der Waals surface area contributed by atoms with Crippen molar-refractivity contribution < 1.29 is 32.3 Å². The summed E-state index contributed by atoms with van der Waals surface area (Å²) in [6.07, 6.45) is -1.39. The van der Waals surface area contributed by atoms with E-state index in [2.05, 4.69) is 20.6 Å². The topological polar surface area (TPSA) is 107 Å². The normalized spacial score (nSPS) is 13.0. The number of pyridine rings is 1. The van der Waals surface area contributed by atoms with Gasteiger partial charge in [0.1, 0.15) is 5.01 Å². The van der Waals surface area contributed by atoms with Crippen LogP contribution in [-0.4, -0.2) is 57.5 Å². The number of aryl methyl sites for hydroxylation is 1. The van der Waals surface area contributed by atoms with E-state index in [0.29, 0.717) is 10.6 Å². The summed E-state index contributed by atoms with van der Waals surface area (Å²) in [6, 6.07) is 12.8. The third kappa shape index (κ3) is 9.65. The lowest BCUT2D eigenvalue weighted by molar-refractivity contribution is 0.0170. The molecule has 2 amide bonds. The number of alkyl halides is 4. The van der Waals surface area contributed by atoms with Crippen molar-refractivity contribution in [1.82, 2.24) is 25.5 Å². The number of benzene rings is 2. The molecule has 2 aromatic carbocycles. The highest BCUT2D eigenvalue weighted by Gasteiger charge is 2.26. The van der Waals surface area contributed by atoms with Crippen molar-refractivity contribution >= 4 is 23.2 Å². The van der Waals surface area contributed by atoms with E-state index in [1.165, 1.54) is 41.6 Å². The van der Waals surface area contributed by atoms with Crippen LogP contribution in [0.5, 0.6) is 0 Å². The van der Waals surface area contributed by atoms with E-state index >= 15 is 0 Å². The van der Waals surface area contributed by atoms with Gasteiger partial charge in [-0.15, -0.1) is 11.3 Å². The van der Waals surface area contributed by atoms with Crippen LogP contribution in [-0.2, 0) is 25.4 Å². The minimum absolute atomic E-state index is 0.0354. The number of aliphatic hydroxyl groups excluding tert-OH is 1. The van der Waals surface area contributed by atoms with Crippen molar-refractivity contribution in [2.45, 2.75) is 57.9 Å². The summed E-state index contributed by atoms with van der Waals surface area (Å²) in [7, 11) is 1.52. The van der Waals surface area contributed by atoms with Crippen LogP contribution in [0.1, 0.15) is 67.0 Å². The van der Waals surface area contributed by atoms with E-state index in [4.69, 9.17) is 0 Å². The van der Waals surface area contributed by atoms with Crippen molar-refractivity contribution in [3.8, 4) is 0 Å². The second kappa shape index (κ2) is 15.4. The summed E-state index contributed by atoms with van der Waals surface area (Å²) in [5.74, 6) is -4.37. The number of rotatable bonds is 14. The molecule has 0 aliphatic heterocycles. The zero-order valence-corrected chi connectivity index (χ0v) is 26.3. The van der Waals surface area contributed by atoms with Gasteiger partial charge in [0.05, 0.1) is 18.7 Å². The van der Waals surface area contributed by atoms with Crippen molar-refractivity contribution in [2.24, 2.45) is 0 Å². The van der Waals surface area contributed by atoms with Crippen LogP contribution in [0.4, 0.5) is 17.6 Å². The molecular formula is C33H35F4N5O3S. The van der Waals surface area contributed by atoms with Crippen LogP contribution in [0.3, 0.4) is 0 Å². The number of aromatic nitrogens is 2. The van der Waals surface area contributed by atoms with Crippen LogP contribution in [0.25, 0.3) is 0 Å². The Morgan fingerprint density at radius 2 is 1.76 bits per heavy atom. The first-order chi connectivity index (χ1) is 21.8. The molecule has 0 bridgehead atoms. The maximum atomic E-state index is 13.9. The Bertz CT molecular complexity index is 1630. The molecule has 0 saturated carbocycles. The number of carbonyl (C=O) groups is 2. The Balaban J connectivity index is 1.51. The predicted octanol–water partition coefficient (Wildman–Crippen LogP) is 5.66.